The molecule has 1 unspecified atom stereocenters. The van der Waals surface area contributed by atoms with E-state index in [0.29, 0.717) is 11.4 Å². The minimum absolute atomic E-state index is 0.0378. The van der Waals surface area contributed by atoms with Gasteiger partial charge in [0.1, 0.15) is 11.6 Å². The molecular formula is C22H23F2N5O2S. The maximum atomic E-state index is 14.7. The van der Waals surface area contributed by atoms with Gasteiger partial charge in [-0.3, -0.25) is 14.7 Å². The van der Waals surface area contributed by atoms with Crippen molar-refractivity contribution >= 4 is 23.7 Å². The summed E-state index contributed by atoms with van der Waals surface area (Å²) in [6, 6.07) is 11.6. The van der Waals surface area contributed by atoms with Crippen LogP contribution in [0, 0.1) is 11.6 Å². The van der Waals surface area contributed by atoms with Gasteiger partial charge in [-0.1, -0.05) is 42.1 Å². The third kappa shape index (κ3) is 5.70. The van der Waals surface area contributed by atoms with E-state index in [1.807, 2.05) is 6.07 Å². The predicted molar refractivity (Wildman–Crippen MR) is 118 cm³/mol. The molecule has 10 heteroatoms. The molecule has 1 aromatic heterocycles. The van der Waals surface area contributed by atoms with E-state index in [0.717, 1.165) is 23.9 Å². The van der Waals surface area contributed by atoms with Gasteiger partial charge in [-0.25, -0.2) is 13.6 Å². The minimum atomic E-state index is -0.800. The standard InChI is InChI=1S/C22H23F2N5O2S/c1-13(19(30)25-20(31)26-22(2,3)4)32-21-28-27-18(14-8-6-5-7-9-14)29(21)17-11-10-15(23)12-16(17)24/h5-13H,1-4H3,(H2,25,26,30,31). The Labute approximate surface area is 188 Å². The zero-order chi connectivity index (χ0) is 23.5. The number of urea groups is 1. The number of hydrogen-bond acceptors (Lipinski definition) is 5. The summed E-state index contributed by atoms with van der Waals surface area (Å²) >= 11 is 0.998. The summed E-state index contributed by atoms with van der Waals surface area (Å²) in [5.41, 5.74) is 0.194. The molecule has 1 heterocycles. The van der Waals surface area contributed by atoms with Gasteiger partial charge < -0.3 is 5.32 Å². The lowest BCUT2D eigenvalue weighted by Crippen LogP contribution is -2.49. The van der Waals surface area contributed by atoms with Crippen molar-refractivity contribution in [1.29, 1.82) is 0 Å². The Hall–Kier alpha value is -3.27. The van der Waals surface area contributed by atoms with Gasteiger partial charge in [-0.15, -0.1) is 10.2 Å². The summed E-state index contributed by atoms with van der Waals surface area (Å²) in [5.74, 6) is -1.73. The summed E-state index contributed by atoms with van der Waals surface area (Å²) < 4.78 is 29.6. The van der Waals surface area contributed by atoms with Gasteiger partial charge in [-0.2, -0.15) is 0 Å². The van der Waals surface area contributed by atoms with Crippen molar-refractivity contribution in [3.05, 3.63) is 60.2 Å². The number of halogens is 2. The smallest absolute Gasteiger partial charge is 0.321 e. The molecule has 0 bridgehead atoms. The fourth-order valence-corrected chi connectivity index (χ4v) is 3.66. The summed E-state index contributed by atoms with van der Waals surface area (Å²) in [6.45, 7) is 6.97. The SMILES string of the molecule is CC(Sc1nnc(-c2ccccc2)n1-c1ccc(F)cc1F)C(=O)NC(=O)NC(C)(C)C. The minimum Gasteiger partial charge on any atom is -0.333 e. The van der Waals surface area contributed by atoms with Crippen LogP contribution in [0.5, 0.6) is 0 Å². The Morgan fingerprint density at radius 3 is 2.38 bits per heavy atom. The molecule has 0 fully saturated rings. The van der Waals surface area contributed by atoms with E-state index in [-0.39, 0.29) is 10.8 Å². The summed E-state index contributed by atoms with van der Waals surface area (Å²) in [5, 5.41) is 12.7. The van der Waals surface area contributed by atoms with Crippen LogP contribution in [0.15, 0.2) is 53.7 Å². The Kier molecular flexibility index (Phi) is 6.93. The second-order valence-electron chi connectivity index (χ2n) is 8.06. The van der Waals surface area contributed by atoms with E-state index in [1.54, 1.807) is 52.0 Å². The van der Waals surface area contributed by atoms with Crippen molar-refractivity contribution < 1.29 is 18.4 Å². The average Bonchev–Trinajstić information content (AvgIpc) is 3.10. The number of nitrogens with zero attached hydrogens (tertiary/aromatic N) is 3. The highest BCUT2D eigenvalue weighted by molar-refractivity contribution is 8.00. The van der Waals surface area contributed by atoms with E-state index in [4.69, 9.17) is 0 Å². The van der Waals surface area contributed by atoms with Crippen LogP contribution >= 0.6 is 11.8 Å². The molecule has 2 aromatic carbocycles. The maximum absolute atomic E-state index is 14.7. The molecule has 0 spiro atoms. The van der Waals surface area contributed by atoms with Gasteiger partial charge in [-0.05, 0) is 39.8 Å². The highest BCUT2D eigenvalue weighted by Gasteiger charge is 2.25. The average molecular weight is 460 g/mol. The first-order valence-corrected chi connectivity index (χ1v) is 10.7. The zero-order valence-corrected chi connectivity index (χ0v) is 18.8. The first-order valence-electron chi connectivity index (χ1n) is 9.81. The van der Waals surface area contributed by atoms with Crippen LogP contribution in [0.25, 0.3) is 17.1 Å². The van der Waals surface area contributed by atoms with Gasteiger partial charge in [0.05, 0.1) is 10.9 Å². The Balaban J connectivity index is 1.92. The first kappa shape index (κ1) is 23.4. The molecule has 32 heavy (non-hydrogen) atoms. The number of rotatable bonds is 5. The molecule has 3 amide bonds. The summed E-state index contributed by atoms with van der Waals surface area (Å²) in [6.07, 6.45) is 0. The van der Waals surface area contributed by atoms with Crippen LogP contribution in [0.3, 0.4) is 0 Å². The third-order valence-electron chi connectivity index (χ3n) is 4.19. The lowest BCUT2D eigenvalue weighted by molar-refractivity contribution is -0.119. The van der Waals surface area contributed by atoms with Gasteiger partial charge in [0.25, 0.3) is 0 Å². The number of imide groups is 1. The second kappa shape index (κ2) is 9.47. The lowest BCUT2D eigenvalue weighted by atomic mass is 10.1. The van der Waals surface area contributed by atoms with Crippen molar-refractivity contribution in [2.75, 3.05) is 0 Å². The molecule has 0 saturated carbocycles. The fraction of sp³-hybridized carbons (Fsp3) is 0.273. The molecular weight excluding hydrogens is 436 g/mol. The molecule has 0 aliphatic heterocycles. The summed E-state index contributed by atoms with van der Waals surface area (Å²) in [4.78, 5) is 24.5. The zero-order valence-electron chi connectivity index (χ0n) is 18.0. The van der Waals surface area contributed by atoms with Crippen LogP contribution in [0.2, 0.25) is 0 Å². The van der Waals surface area contributed by atoms with Gasteiger partial charge >= 0.3 is 6.03 Å². The van der Waals surface area contributed by atoms with Crippen LogP contribution < -0.4 is 10.6 Å². The molecule has 0 radical (unpaired) electrons. The Morgan fingerprint density at radius 1 is 1.06 bits per heavy atom. The molecule has 3 rings (SSSR count). The molecule has 1 atom stereocenters. The van der Waals surface area contributed by atoms with E-state index in [9.17, 15) is 18.4 Å². The molecule has 0 saturated heterocycles. The van der Waals surface area contributed by atoms with Crippen LogP contribution in [-0.2, 0) is 4.79 Å². The Morgan fingerprint density at radius 2 is 1.75 bits per heavy atom. The van der Waals surface area contributed by atoms with Crippen molar-refractivity contribution in [3.8, 4) is 17.1 Å². The highest BCUT2D eigenvalue weighted by Crippen LogP contribution is 2.31. The molecule has 168 valence electrons. The van der Waals surface area contributed by atoms with E-state index in [2.05, 4.69) is 20.8 Å². The monoisotopic (exact) mass is 459 g/mol. The third-order valence-corrected chi connectivity index (χ3v) is 5.24. The molecule has 3 aromatic rings. The van der Waals surface area contributed by atoms with Crippen LogP contribution in [-0.4, -0.2) is 37.5 Å². The molecule has 7 nitrogen and oxygen atoms in total. The van der Waals surface area contributed by atoms with Gasteiger partial charge in [0.2, 0.25) is 5.91 Å². The van der Waals surface area contributed by atoms with E-state index < -0.39 is 34.4 Å². The molecule has 0 aliphatic rings. The van der Waals surface area contributed by atoms with Gasteiger partial charge in [0.15, 0.2) is 11.0 Å². The number of benzene rings is 2. The topological polar surface area (TPSA) is 88.9 Å². The largest absolute Gasteiger partial charge is 0.333 e. The number of carbonyl (C=O) groups is 2. The van der Waals surface area contributed by atoms with Crippen LogP contribution in [0.4, 0.5) is 13.6 Å². The first-order chi connectivity index (χ1) is 15.0. The fourth-order valence-electron chi connectivity index (χ4n) is 2.80. The predicted octanol–water partition coefficient (Wildman–Crippen LogP) is 4.32. The lowest BCUT2D eigenvalue weighted by Gasteiger charge is -2.21. The number of carbonyl (C=O) groups excluding carboxylic acids is 2. The number of thioether (sulfide) groups is 1. The van der Waals surface area contributed by atoms with Crippen molar-refractivity contribution in [2.45, 2.75) is 43.6 Å². The van der Waals surface area contributed by atoms with Crippen molar-refractivity contribution in [2.24, 2.45) is 0 Å². The van der Waals surface area contributed by atoms with Crippen molar-refractivity contribution in [3.63, 3.8) is 0 Å². The number of aromatic nitrogens is 3. The second-order valence-corrected chi connectivity index (χ2v) is 9.36. The molecule has 0 aliphatic carbocycles. The molecule has 2 N–H and O–H groups in total. The Bertz CT molecular complexity index is 1130. The van der Waals surface area contributed by atoms with Crippen LogP contribution in [0.1, 0.15) is 27.7 Å². The quantitative estimate of drug-likeness (QED) is 0.555. The number of hydrogen-bond donors (Lipinski definition) is 2. The summed E-state index contributed by atoms with van der Waals surface area (Å²) in [7, 11) is 0. The highest BCUT2D eigenvalue weighted by atomic mass is 32.2. The normalized spacial score (nSPS) is 12.3. The number of nitrogens with one attached hydrogen (secondary N) is 2. The van der Waals surface area contributed by atoms with E-state index in [1.165, 1.54) is 10.6 Å². The van der Waals surface area contributed by atoms with E-state index >= 15 is 0 Å². The van der Waals surface area contributed by atoms with Crippen molar-refractivity contribution in [1.82, 2.24) is 25.4 Å². The van der Waals surface area contributed by atoms with Gasteiger partial charge in [0, 0.05) is 17.2 Å². The number of amides is 3. The maximum Gasteiger partial charge on any atom is 0.321 e.